The van der Waals surface area contributed by atoms with Gasteiger partial charge in [-0.25, -0.2) is 0 Å². The van der Waals surface area contributed by atoms with Crippen LogP contribution in [0.4, 0.5) is 0 Å². The highest BCUT2D eigenvalue weighted by Gasteiger charge is 2.58. The van der Waals surface area contributed by atoms with Crippen LogP contribution in [0.5, 0.6) is 0 Å². The van der Waals surface area contributed by atoms with Gasteiger partial charge in [-0.15, -0.1) is 0 Å². The van der Waals surface area contributed by atoms with E-state index in [4.69, 9.17) is 9.47 Å². The summed E-state index contributed by atoms with van der Waals surface area (Å²) in [6, 6.07) is 0. The Kier molecular flexibility index (Phi) is 1.07. The van der Waals surface area contributed by atoms with Gasteiger partial charge in [-0.1, -0.05) is 13.8 Å². The van der Waals surface area contributed by atoms with Gasteiger partial charge in [-0.2, -0.15) is 0 Å². The number of ether oxygens (including phenoxy) is 2. The van der Waals surface area contributed by atoms with E-state index in [0.717, 1.165) is 11.5 Å². The van der Waals surface area contributed by atoms with Gasteiger partial charge >= 0.3 is 0 Å². The summed E-state index contributed by atoms with van der Waals surface area (Å²) in [5, 5.41) is 9.80. The number of rotatable bonds is 0. The fraction of sp³-hybridized carbons (Fsp3) is 0.778. The summed E-state index contributed by atoms with van der Waals surface area (Å²) in [5.74, 6) is 2.34. The SMILES string of the molecule is C[C@@H]1C(O)[C@H](C)[C@H]2O[C@@H]1C1=C2O1. The maximum absolute atomic E-state index is 9.80. The molecule has 1 unspecified atom stereocenters. The van der Waals surface area contributed by atoms with E-state index in [0.29, 0.717) is 0 Å². The first-order valence-corrected chi connectivity index (χ1v) is 4.45. The van der Waals surface area contributed by atoms with E-state index < -0.39 is 0 Å². The maximum Gasteiger partial charge on any atom is 0.174 e. The van der Waals surface area contributed by atoms with Crippen LogP contribution in [0.2, 0.25) is 0 Å². The molecule has 3 aliphatic heterocycles. The molecule has 0 aromatic heterocycles. The van der Waals surface area contributed by atoms with Gasteiger partial charge in [0.05, 0.1) is 6.10 Å². The Bertz CT molecular complexity index is 247. The molecule has 0 spiro atoms. The minimum atomic E-state index is -0.245. The van der Waals surface area contributed by atoms with Crippen LogP contribution in [-0.2, 0) is 9.47 Å². The van der Waals surface area contributed by atoms with Crippen LogP contribution in [0.3, 0.4) is 0 Å². The Hall–Kier alpha value is -0.540. The Morgan fingerprint density at radius 3 is 2.08 bits per heavy atom. The highest BCUT2D eigenvalue weighted by molar-refractivity contribution is 5.34. The van der Waals surface area contributed by atoms with Crippen molar-refractivity contribution in [2.24, 2.45) is 11.8 Å². The minimum absolute atomic E-state index is 0.0381. The summed E-state index contributed by atoms with van der Waals surface area (Å²) in [7, 11) is 0. The topological polar surface area (TPSA) is 42.0 Å². The van der Waals surface area contributed by atoms with Gasteiger partial charge in [0, 0.05) is 11.8 Å². The zero-order chi connectivity index (χ0) is 8.46. The van der Waals surface area contributed by atoms with Crippen molar-refractivity contribution in [1.29, 1.82) is 0 Å². The molecule has 1 saturated heterocycles. The maximum atomic E-state index is 9.80. The molecule has 0 aromatic rings. The number of fused-ring (bicyclic) bond motifs is 4. The first kappa shape index (κ1) is 6.92. The van der Waals surface area contributed by atoms with Crippen molar-refractivity contribution in [1.82, 2.24) is 0 Å². The molecule has 0 aliphatic carbocycles. The molecule has 3 nitrogen and oxygen atoms in total. The second kappa shape index (κ2) is 1.86. The highest BCUT2D eigenvalue weighted by Crippen LogP contribution is 2.52. The molecule has 3 heterocycles. The summed E-state index contributed by atoms with van der Waals surface area (Å²) >= 11 is 0. The average molecular weight is 168 g/mol. The summed E-state index contributed by atoms with van der Waals surface area (Å²) in [5.41, 5.74) is 0. The molecule has 3 heteroatoms. The summed E-state index contributed by atoms with van der Waals surface area (Å²) < 4.78 is 11.0. The molecular weight excluding hydrogens is 156 g/mol. The Labute approximate surface area is 71.0 Å². The number of hydrogen-bond acceptors (Lipinski definition) is 3. The Morgan fingerprint density at radius 1 is 1.08 bits per heavy atom. The monoisotopic (exact) mass is 168 g/mol. The van der Waals surface area contributed by atoms with E-state index in [1.54, 1.807) is 0 Å². The van der Waals surface area contributed by atoms with E-state index >= 15 is 0 Å². The first-order chi connectivity index (χ1) is 5.70. The van der Waals surface area contributed by atoms with Crippen LogP contribution in [0.15, 0.2) is 11.5 Å². The highest BCUT2D eigenvalue weighted by atomic mass is 16.6. The molecular formula is C9H12O3. The second-order valence-electron chi connectivity index (χ2n) is 4.02. The van der Waals surface area contributed by atoms with Crippen molar-refractivity contribution in [2.45, 2.75) is 32.2 Å². The lowest BCUT2D eigenvalue weighted by atomic mass is 9.85. The molecule has 1 N–H and O–H groups in total. The molecule has 0 saturated carbocycles. The van der Waals surface area contributed by atoms with E-state index in [1.807, 2.05) is 13.8 Å². The lowest BCUT2D eigenvalue weighted by Crippen LogP contribution is -2.47. The Balaban J connectivity index is 1.98. The molecule has 66 valence electrons. The van der Waals surface area contributed by atoms with E-state index in [9.17, 15) is 5.11 Å². The Morgan fingerprint density at radius 2 is 1.58 bits per heavy atom. The van der Waals surface area contributed by atoms with Crippen molar-refractivity contribution in [3.05, 3.63) is 11.5 Å². The standard InChI is InChI=1S/C9H12O3/c1-3-5(10)4(2)7-9-8(12-9)6(3)11-7/h3-7,10H,1-2H3/t3-,4+,5?,6+,7-. The van der Waals surface area contributed by atoms with Gasteiger partial charge in [-0.05, 0) is 0 Å². The first-order valence-electron chi connectivity index (χ1n) is 4.45. The zero-order valence-electron chi connectivity index (χ0n) is 7.15. The normalized spacial score (nSPS) is 55.1. The molecule has 5 atom stereocenters. The lowest BCUT2D eigenvalue weighted by molar-refractivity contribution is -0.146. The number of aliphatic hydroxyl groups excluding tert-OH is 1. The van der Waals surface area contributed by atoms with Crippen molar-refractivity contribution in [3.8, 4) is 0 Å². The quantitative estimate of drug-likeness (QED) is 0.577. The third-order valence-electron chi connectivity index (χ3n) is 3.26. The van der Waals surface area contributed by atoms with Gasteiger partial charge in [-0.3, -0.25) is 0 Å². The van der Waals surface area contributed by atoms with Gasteiger partial charge in [0.1, 0.15) is 12.2 Å². The van der Waals surface area contributed by atoms with Gasteiger partial charge in [0.25, 0.3) is 0 Å². The fourth-order valence-corrected chi connectivity index (χ4v) is 2.33. The predicted molar refractivity (Wildman–Crippen MR) is 41.1 cm³/mol. The van der Waals surface area contributed by atoms with Crippen molar-refractivity contribution in [2.75, 3.05) is 0 Å². The second-order valence-corrected chi connectivity index (χ2v) is 4.02. The van der Waals surface area contributed by atoms with Crippen LogP contribution in [0.1, 0.15) is 13.8 Å². The van der Waals surface area contributed by atoms with Gasteiger partial charge in [0.2, 0.25) is 0 Å². The summed E-state index contributed by atoms with van der Waals surface area (Å²) in [6.45, 7) is 4.03. The molecule has 0 aromatic carbocycles. The molecule has 12 heavy (non-hydrogen) atoms. The van der Waals surface area contributed by atoms with Crippen molar-refractivity contribution in [3.63, 3.8) is 0 Å². The zero-order valence-corrected chi connectivity index (χ0v) is 7.15. The third kappa shape index (κ3) is 0.605. The van der Waals surface area contributed by atoms with E-state index in [2.05, 4.69) is 0 Å². The smallest absolute Gasteiger partial charge is 0.174 e. The largest absolute Gasteiger partial charge is 0.453 e. The van der Waals surface area contributed by atoms with Gasteiger partial charge in [0.15, 0.2) is 11.5 Å². The van der Waals surface area contributed by atoms with E-state index in [-0.39, 0.29) is 30.1 Å². The van der Waals surface area contributed by atoms with Crippen LogP contribution in [0.25, 0.3) is 0 Å². The summed E-state index contributed by atoms with van der Waals surface area (Å²) in [4.78, 5) is 0. The molecule has 0 amide bonds. The third-order valence-corrected chi connectivity index (χ3v) is 3.26. The predicted octanol–water partition coefficient (Wildman–Crippen LogP) is 0.642. The van der Waals surface area contributed by atoms with Crippen LogP contribution in [0, 0.1) is 11.8 Å². The number of hydrogen-bond donors (Lipinski definition) is 1. The van der Waals surface area contributed by atoms with Crippen molar-refractivity contribution < 1.29 is 14.6 Å². The molecule has 1 fully saturated rings. The number of aliphatic hydroxyl groups is 1. The summed E-state index contributed by atoms with van der Waals surface area (Å²) in [6.07, 6.45) is -0.169. The van der Waals surface area contributed by atoms with Gasteiger partial charge < -0.3 is 14.6 Å². The molecule has 2 bridgehead atoms. The van der Waals surface area contributed by atoms with Crippen LogP contribution in [-0.4, -0.2) is 23.4 Å². The molecule has 0 radical (unpaired) electrons. The van der Waals surface area contributed by atoms with Crippen molar-refractivity contribution >= 4 is 0 Å². The minimum Gasteiger partial charge on any atom is -0.453 e. The van der Waals surface area contributed by atoms with E-state index in [1.165, 1.54) is 0 Å². The lowest BCUT2D eigenvalue weighted by Gasteiger charge is -2.38. The molecule has 3 aliphatic rings. The van der Waals surface area contributed by atoms with Crippen LogP contribution >= 0.6 is 0 Å². The average Bonchev–Trinajstić information content (AvgIpc) is 2.76. The fourth-order valence-electron chi connectivity index (χ4n) is 2.33. The van der Waals surface area contributed by atoms with Crippen LogP contribution < -0.4 is 0 Å². The molecule has 3 rings (SSSR count).